The van der Waals surface area contributed by atoms with E-state index in [1.54, 1.807) is 25.1 Å². The lowest BCUT2D eigenvalue weighted by Crippen LogP contribution is -2.51. The monoisotopic (exact) mass is 421 g/mol. The van der Waals surface area contributed by atoms with Crippen LogP contribution in [0.5, 0.6) is 5.75 Å². The third-order valence-corrected chi connectivity index (χ3v) is 5.98. The van der Waals surface area contributed by atoms with Gasteiger partial charge in [0.25, 0.3) is 5.91 Å². The molecule has 4 rings (SSSR count). The number of benzene rings is 1. The molecule has 1 aromatic carbocycles. The second kappa shape index (κ2) is 9.13. The molecular formula is C21H28ClN3O4. The topological polar surface area (TPSA) is 87.7 Å². The number of carbonyl (C=O) groups excluding carboxylic acids is 3. The Bertz CT molecular complexity index is 786. The van der Waals surface area contributed by atoms with Crippen molar-refractivity contribution in [3.63, 3.8) is 0 Å². The molecule has 7 nitrogen and oxygen atoms in total. The number of hydrogen-bond donors (Lipinski definition) is 2. The van der Waals surface area contributed by atoms with Crippen LogP contribution in [0, 0.1) is 5.92 Å². The van der Waals surface area contributed by atoms with Gasteiger partial charge in [0.2, 0.25) is 5.91 Å². The van der Waals surface area contributed by atoms with Gasteiger partial charge in [0.15, 0.2) is 11.9 Å². The van der Waals surface area contributed by atoms with Crippen LogP contribution in [-0.2, 0) is 9.59 Å². The van der Waals surface area contributed by atoms with E-state index < -0.39 is 6.10 Å². The van der Waals surface area contributed by atoms with E-state index in [-0.39, 0.29) is 42.0 Å². The van der Waals surface area contributed by atoms with Gasteiger partial charge in [-0.3, -0.25) is 14.4 Å². The summed E-state index contributed by atoms with van der Waals surface area (Å²) < 4.78 is 5.55. The molecule has 2 N–H and O–H groups in total. The Hall–Kier alpha value is -2.12. The molecule has 0 saturated carbocycles. The zero-order valence-electron chi connectivity index (χ0n) is 16.6. The molecule has 2 amide bonds. The fourth-order valence-electron chi connectivity index (χ4n) is 4.24. The van der Waals surface area contributed by atoms with E-state index in [0.29, 0.717) is 42.9 Å². The number of nitrogens with one attached hydrogen (secondary N) is 2. The number of nitrogens with zero attached hydrogens (tertiary/aromatic N) is 1. The van der Waals surface area contributed by atoms with Gasteiger partial charge in [0, 0.05) is 24.6 Å². The highest BCUT2D eigenvalue weighted by Gasteiger charge is 2.32. The van der Waals surface area contributed by atoms with E-state index in [2.05, 4.69) is 10.6 Å². The molecular weight excluding hydrogens is 394 g/mol. The number of fused-ring (bicyclic) bond motifs is 1. The SMILES string of the molecule is CC1Oc2ccc(C(=O)C3CCN(C(=O)C4CCCCN4)CC3)cc2NC1=O.Cl. The van der Waals surface area contributed by atoms with E-state index in [0.717, 1.165) is 25.8 Å². The molecule has 3 aliphatic rings. The van der Waals surface area contributed by atoms with Crippen molar-refractivity contribution in [1.29, 1.82) is 0 Å². The van der Waals surface area contributed by atoms with Crippen molar-refractivity contribution in [3.8, 4) is 5.75 Å². The average Bonchev–Trinajstić information content (AvgIpc) is 2.74. The number of hydrogen-bond acceptors (Lipinski definition) is 5. The smallest absolute Gasteiger partial charge is 0.265 e. The van der Waals surface area contributed by atoms with Crippen LogP contribution in [0.1, 0.15) is 49.4 Å². The molecule has 0 aromatic heterocycles. The zero-order valence-corrected chi connectivity index (χ0v) is 17.4. The lowest BCUT2D eigenvalue weighted by atomic mass is 9.88. The maximum atomic E-state index is 12.9. The molecule has 0 aliphatic carbocycles. The van der Waals surface area contributed by atoms with Crippen molar-refractivity contribution in [2.45, 2.75) is 51.2 Å². The van der Waals surface area contributed by atoms with Crippen LogP contribution in [0.3, 0.4) is 0 Å². The predicted molar refractivity (Wildman–Crippen MR) is 112 cm³/mol. The van der Waals surface area contributed by atoms with Crippen LogP contribution in [0.2, 0.25) is 0 Å². The summed E-state index contributed by atoms with van der Waals surface area (Å²) in [5.41, 5.74) is 1.13. The summed E-state index contributed by atoms with van der Waals surface area (Å²) in [5, 5.41) is 6.10. The second-order valence-corrected chi connectivity index (χ2v) is 7.93. The summed E-state index contributed by atoms with van der Waals surface area (Å²) in [4.78, 5) is 39.3. The maximum Gasteiger partial charge on any atom is 0.265 e. The first-order valence-corrected chi connectivity index (χ1v) is 10.2. The fraction of sp³-hybridized carbons (Fsp3) is 0.571. The highest BCUT2D eigenvalue weighted by molar-refractivity contribution is 6.02. The number of ether oxygens (including phenoxy) is 1. The highest BCUT2D eigenvalue weighted by Crippen LogP contribution is 2.32. The van der Waals surface area contributed by atoms with Crippen molar-refractivity contribution in [2.75, 3.05) is 25.0 Å². The lowest BCUT2D eigenvalue weighted by Gasteiger charge is -2.35. The van der Waals surface area contributed by atoms with Crippen molar-refractivity contribution in [2.24, 2.45) is 5.92 Å². The minimum Gasteiger partial charge on any atom is -0.479 e. The fourth-order valence-corrected chi connectivity index (χ4v) is 4.24. The molecule has 0 spiro atoms. The number of ketones is 1. The highest BCUT2D eigenvalue weighted by atomic mass is 35.5. The minimum atomic E-state index is -0.533. The third kappa shape index (κ3) is 4.56. The second-order valence-electron chi connectivity index (χ2n) is 7.93. The first-order valence-electron chi connectivity index (χ1n) is 10.2. The number of likely N-dealkylation sites (tertiary alicyclic amines) is 1. The number of carbonyl (C=O) groups is 3. The number of amides is 2. The van der Waals surface area contributed by atoms with Crippen LogP contribution in [0.15, 0.2) is 18.2 Å². The molecule has 3 aliphatic heterocycles. The standard InChI is InChI=1S/C21H27N3O4.ClH/c1-13-20(26)23-17-12-15(5-6-18(17)28-13)19(25)14-7-10-24(11-8-14)21(27)16-4-2-3-9-22-16;/h5-6,12-14,16,22H,2-4,7-11H2,1H3,(H,23,26);1H. The maximum absolute atomic E-state index is 12.9. The van der Waals surface area contributed by atoms with Gasteiger partial charge < -0.3 is 20.3 Å². The quantitative estimate of drug-likeness (QED) is 0.731. The number of Topliss-reactive ketones (excluding diaryl/α,β-unsaturated/α-hetero) is 1. The van der Waals surface area contributed by atoms with Crippen LogP contribution >= 0.6 is 12.4 Å². The van der Waals surface area contributed by atoms with Crippen LogP contribution in [0.25, 0.3) is 0 Å². The van der Waals surface area contributed by atoms with Gasteiger partial charge in [-0.05, 0) is 57.4 Å². The van der Waals surface area contributed by atoms with E-state index in [4.69, 9.17) is 4.74 Å². The minimum absolute atomic E-state index is 0. The number of halogens is 1. The molecule has 3 heterocycles. The Morgan fingerprint density at radius 3 is 2.59 bits per heavy atom. The van der Waals surface area contributed by atoms with Gasteiger partial charge in [-0.15, -0.1) is 12.4 Å². The third-order valence-electron chi connectivity index (χ3n) is 5.98. The molecule has 2 unspecified atom stereocenters. The zero-order chi connectivity index (χ0) is 19.7. The molecule has 2 atom stereocenters. The van der Waals surface area contributed by atoms with Crippen LogP contribution in [-0.4, -0.2) is 54.3 Å². The molecule has 2 saturated heterocycles. The molecule has 0 radical (unpaired) electrons. The first kappa shape index (κ1) is 21.6. The van der Waals surface area contributed by atoms with Gasteiger partial charge in [0.05, 0.1) is 11.7 Å². The van der Waals surface area contributed by atoms with E-state index in [9.17, 15) is 14.4 Å². The summed E-state index contributed by atoms with van der Waals surface area (Å²) in [7, 11) is 0. The van der Waals surface area contributed by atoms with Crippen molar-refractivity contribution in [3.05, 3.63) is 23.8 Å². The Balaban J connectivity index is 0.00000240. The number of piperidine rings is 2. The normalized spacial score (nSPS) is 24.6. The number of rotatable bonds is 3. The van der Waals surface area contributed by atoms with Gasteiger partial charge in [-0.2, -0.15) is 0 Å². The summed E-state index contributed by atoms with van der Waals surface area (Å²) in [6, 6.07) is 5.14. The molecule has 1 aromatic rings. The van der Waals surface area contributed by atoms with Gasteiger partial charge >= 0.3 is 0 Å². The Morgan fingerprint density at radius 2 is 1.90 bits per heavy atom. The summed E-state index contributed by atoms with van der Waals surface area (Å²) >= 11 is 0. The molecule has 29 heavy (non-hydrogen) atoms. The Kier molecular flexibility index (Phi) is 6.80. The van der Waals surface area contributed by atoms with Crippen LogP contribution in [0.4, 0.5) is 5.69 Å². The van der Waals surface area contributed by atoms with Crippen molar-refractivity contribution < 1.29 is 19.1 Å². The molecule has 2 fully saturated rings. The van der Waals surface area contributed by atoms with Crippen molar-refractivity contribution >= 4 is 35.7 Å². The van der Waals surface area contributed by atoms with E-state index in [1.165, 1.54) is 0 Å². The van der Waals surface area contributed by atoms with Gasteiger partial charge in [-0.1, -0.05) is 6.42 Å². The largest absolute Gasteiger partial charge is 0.479 e. The summed E-state index contributed by atoms with van der Waals surface area (Å²) in [6.07, 6.45) is 3.94. The predicted octanol–water partition coefficient (Wildman–Crippen LogP) is 2.39. The van der Waals surface area contributed by atoms with E-state index >= 15 is 0 Å². The van der Waals surface area contributed by atoms with Crippen LogP contribution < -0.4 is 15.4 Å². The molecule has 8 heteroatoms. The molecule has 158 valence electrons. The van der Waals surface area contributed by atoms with E-state index in [1.807, 2.05) is 4.90 Å². The first-order chi connectivity index (χ1) is 13.5. The molecule has 0 bridgehead atoms. The number of anilines is 1. The van der Waals surface area contributed by atoms with Gasteiger partial charge in [-0.25, -0.2) is 0 Å². The Labute approximate surface area is 176 Å². The lowest BCUT2D eigenvalue weighted by molar-refractivity contribution is -0.135. The van der Waals surface area contributed by atoms with Crippen molar-refractivity contribution in [1.82, 2.24) is 10.2 Å². The average molecular weight is 422 g/mol. The Morgan fingerprint density at radius 1 is 1.14 bits per heavy atom. The summed E-state index contributed by atoms with van der Waals surface area (Å²) in [6.45, 7) is 3.84. The summed E-state index contributed by atoms with van der Waals surface area (Å²) in [5.74, 6) is 0.525. The van der Waals surface area contributed by atoms with Gasteiger partial charge in [0.1, 0.15) is 5.75 Å².